The minimum Gasteiger partial charge on any atom is -0.312 e. The lowest BCUT2D eigenvalue weighted by molar-refractivity contribution is -0.384. The molecule has 9 heteroatoms. The van der Waals surface area contributed by atoms with Crippen molar-refractivity contribution in [3.63, 3.8) is 0 Å². The van der Waals surface area contributed by atoms with E-state index in [1.807, 2.05) is 5.32 Å². The first-order chi connectivity index (χ1) is 9.91. The molecule has 0 fully saturated rings. The van der Waals surface area contributed by atoms with Gasteiger partial charge in [0.15, 0.2) is 17.3 Å². The Morgan fingerprint density at radius 2 is 2.05 bits per heavy atom. The summed E-state index contributed by atoms with van der Waals surface area (Å²) in [4.78, 5) is 25.6. The molecule has 0 saturated heterocycles. The lowest BCUT2D eigenvalue weighted by atomic mass is 10.2. The molecule has 1 heterocycles. The fraction of sp³-hybridized carbons (Fsp3) is 0. The third-order valence-corrected chi connectivity index (χ3v) is 3.12. The lowest BCUT2D eigenvalue weighted by Gasteiger charge is -2.08. The second-order valence-corrected chi connectivity index (χ2v) is 4.65. The molecule has 6 nitrogen and oxygen atoms in total. The van der Waals surface area contributed by atoms with E-state index in [0.29, 0.717) is 10.5 Å². The number of nitro benzene ring substituents is 1. The molecular formula is C12H6BrF2N3O3. The van der Waals surface area contributed by atoms with Gasteiger partial charge in [0, 0.05) is 16.7 Å². The van der Waals surface area contributed by atoms with Crippen molar-refractivity contribution >= 4 is 33.2 Å². The number of amides is 1. The number of hydrogen-bond acceptors (Lipinski definition) is 4. The van der Waals surface area contributed by atoms with Gasteiger partial charge in [-0.1, -0.05) is 0 Å². The second-order valence-electron chi connectivity index (χ2n) is 3.80. The zero-order chi connectivity index (χ0) is 15.6. The summed E-state index contributed by atoms with van der Waals surface area (Å²) in [5.41, 5.74) is -1.72. The van der Waals surface area contributed by atoms with Gasteiger partial charge < -0.3 is 5.32 Å². The second kappa shape index (κ2) is 5.92. The van der Waals surface area contributed by atoms with Crippen molar-refractivity contribution in [3.8, 4) is 0 Å². The van der Waals surface area contributed by atoms with Gasteiger partial charge in [0.05, 0.1) is 4.92 Å². The third kappa shape index (κ3) is 3.02. The minimum absolute atomic E-state index is 0.115. The van der Waals surface area contributed by atoms with E-state index in [9.17, 15) is 23.7 Å². The van der Waals surface area contributed by atoms with Crippen LogP contribution in [0.2, 0.25) is 0 Å². The first-order valence-corrected chi connectivity index (χ1v) is 6.25. The number of carbonyl (C=O) groups excluding carboxylic acids is 1. The first kappa shape index (κ1) is 15.0. The molecule has 0 bridgehead atoms. The van der Waals surface area contributed by atoms with Gasteiger partial charge in [-0.3, -0.25) is 14.9 Å². The van der Waals surface area contributed by atoms with E-state index in [2.05, 4.69) is 20.9 Å². The molecule has 2 aromatic rings. The van der Waals surface area contributed by atoms with E-state index in [1.165, 1.54) is 12.3 Å². The number of halogens is 3. The Labute approximate surface area is 125 Å². The highest BCUT2D eigenvalue weighted by atomic mass is 79.9. The third-order valence-electron chi connectivity index (χ3n) is 2.48. The number of carbonyl (C=O) groups is 1. The summed E-state index contributed by atoms with van der Waals surface area (Å²) in [5.74, 6) is -3.73. The van der Waals surface area contributed by atoms with Crippen LogP contribution in [-0.4, -0.2) is 15.8 Å². The van der Waals surface area contributed by atoms with Crippen LogP contribution in [0.4, 0.5) is 20.2 Å². The van der Waals surface area contributed by atoms with Crippen LogP contribution < -0.4 is 5.32 Å². The van der Waals surface area contributed by atoms with Crippen LogP contribution in [0.15, 0.2) is 34.9 Å². The van der Waals surface area contributed by atoms with Gasteiger partial charge in [-0.15, -0.1) is 0 Å². The highest BCUT2D eigenvalue weighted by molar-refractivity contribution is 9.10. The quantitative estimate of drug-likeness (QED) is 0.674. The van der Waals surface area contributed by atoms with Crippen LogP contribution in [0.3, 0.4) is 0 Å². The number of pyridine rings is 1. The molecule has 21 heavy (non-hydrogen) atoms. The standard InChI is InChI=1S/C12H6BrF2N3O3/c13-6-2-1-5-16-10(6)12(19)17-11-8(18(20)21)4-3-7(14)9(11)15/h1-5H,(H,17,19). The Hall–Kier alpha value is -2.42. The maximum absolute atomic E-state index is 13.7. The Morgan fingerprint density at radius 3 is 2.67 bits per heavy atom. The Morgan fingerprint density at radius 1 is 1.33 bits per heavy atom. The van der Waals surface area contributed by atoms with Crippen molar-refractivity contribution in [1.82, 2.24) is 4.98 Å². The predicted octanol–water partition coefficient (Wildman–Crippen LogP) is 3.28. The van der Waals surface area contributed by atoms with E-state index in [-0.39, 0.29) is 5.69 Å². The molecule has 0 aliphatic heterocycles. The molecule has 1 aromatic carbocycles. The maximum Gasteiger partial charge on any atom is 0.296 e. The Balaban J connectivity index is 2.44. The van der Waals surface area contributed by atoms with Gasteiger partial charge in [-0.05, 0) is 34.1 Å². The predicted molar refractivity (Wildman–Crippen MR) is 72.9 cm³/mol. The summed E-state index contributed by atoms with van der Waals surface area (Å²) >= 11 is 3.07. The molecule has 0 spiro atoms. The van der Waals surface area contributed by atoms with Gasteiger partial charge in [0.1, 0.15) is 5.69 Å². The van der Waals surface area contributed by atoms with Crippen LogP contribution >= 0.6 is 15.9 Å². The number of benzene rings is 1. The lowest BCUT2D eigenvalue weighted by Crippen LogP contribution is -2.17. The molecule has 0 saturated carbocycles. The van der Waals surface area contributed by atoms with Gasteiger partial charge >= 0.3 is 0 Å². The SMILES string of the molecule is O=C(Nc1c([N+](=O)[O-])ccc(F)c1F)c1ncccc1Br. The van der Waals surface area contributed by atoms with E-state index in [0.717, 1.165) is 6.07 Å². The largest absolute Gasteiger partial charge is 0.312 e. The summed E-state index contributed by atoms with van der Waals surface area (Å²) in [7, 11) is 0. The average molecular weight is 358 g/mol. The van der Waals surface area contributed by atoms with E-state index in [4.69, 9.17) is 0 Å². The van der Waals surface area contributed by atoms with Crippen LogP contribution in [0.25, 0.3) is 0 Å². The maximum atomic E-state index is 13.7. The Kier molecular flexibility index (Phi) is 4.22. The van der Waals surface area contributed by atoms with Gasteiger partial charge in [-0.2, -0.15) is 0 Å². The van der Waals surface area contributed by atoms with E-state index in [1.54, 1.807) is 6.07 Å². The molecule has 0 aliphatic carbocycles. The zero-order valence-corrected chi connectivity index (χ0v) is 11.7. The van der Waals surface area contributed by atoms with Crippen molar-refractivity contribution in [1.29, 1.82) is 0 Å². The number of nitro groups is 1. The highest BCUT2D eigenvalue weighted by Crippen LogP contribution is 2.29. The van der Waals surface area contributed by atoms with Crippen molar-refractivity contribution in [2.75, 3.05) is 5.32 Å². The molecule has 1 amide bonds. The molecule has 0 radical (unpaired) electrons. The van der Waals surface area contributed by atoms with Crippen LogP contribution in [0.1, 0.15) is 10.5 Å². The molecular weight excluding hydrogens is 352 g/mol. The summed E-state index contributed by atoms with van der Waals surface area (Å²) in [6.45, 7) is 0. The van der Waals surface area contributed by atoms with E-state index >= 15 is 0 Å². The highest BCUT2D eigenvalue weighted by Gasteiger charge is 2.24. The summed E-state index contributed by atoms with van der Waals surface area (Å²) in [5, 5.41) is 12.8. The number of aromatic nitrogens is 1. The van der Waals surface area contributed by atoms with Crippen molar-refractivity contribution in [2.45, 2.75) is 0 Å². The normalized spacial score (nSPS) is 10.2. The molecule has 0 unspecified atom stereocenters. The average Bonchev–Trinajstić information content (AvgIpc) is 2.44. The summed E-state index contributed by atoms with van der Waals surface area (Å²) in [6.07, 6.45) is 1.32. The monoisotopic (exact) mass is 357 g/mol. The fourth-order valence-corrected chi connectivity index (χ4v) is 1.97. The summed E-state index contributed by atoms with van der Waals surface area (Å²) in [6, 6.07) is 4.44. The minimum atomic E-state index is -1.51. The molecule has 1 N–H and O–H groups in total. The molecule has 108 valence electrons. The van der Waals surface area contributed by atoms with Crippen molar-refractivity contribution in [3.05, 3.63) is 62.4 Å². The number of anilines is 1. The van der Waals surface area contributed by atoms with Crippen LogP contribution in [0.5, 0.6) is 0 Å². The number of nitrogens with zero attached hydrogens (tertiary/aromatic N) is 2. The smallest absolute Gasteiger partial charge is 0.296 e. The number of rotatable bonds is 3. The van der Waals surface area contributed by atoms with Crippen LogP contribution in [0, 0.1) is 21.7 Å². The Bertz CT molecular complexity index is 740. The van der Waals surface area contributed by atoms with Crippen LogP contribution in [-0.2, 0) is 0 Å². The topological polar surface area (TPSA) is 85.1 Å². The first-order valence-electron chi connectivity index (χ1n) is 5.46. The summed E-state index contributed by atoms with van der Waals surface area (Å²) < 4.78 is 27.2. The van der Waals surface area contributed by atoms with Crippen molar-refractivity contribution in [2.24, 2.45) is 0 Å². The number of hydrogen-bond donors (Lipinski definition) is 1. The van der Waals surface area contributed by atoms with Gasteiger partial charge in [0.2, 0.25) is 0 Å². The zero-order valence-electron chi connectivity index (χ0n) is 10.1. The molecule has 0 atom stereocenters. The number of nitrogens with one attached hydrogen (secondary N) is 1. The molecule has 0 aliphatic rings. The molecule has 2 rings (SSSR count). The van der Waals surface area contributed by atoms with E-state index < -0.39 is 33.8 Å². The van der Waals surface area contributed by atoms with Crippen molar-refractivity contribution < 1.29 is 18.5 Å². The van der Waals surface area contributed by atoms with Gasteiger partial charge in [0.25, 0.3) is 11.6 Å². The fourth-order valence-electron chi connectivity index (χ4n) is 1.54. The van der Waals surface area contributed by atoms with Gasteiger partial charge in [-0.25, -0.2) is 13.8 Å². The molecule has 1 aromatic heterocycles.